The van der Waals surface area contributed by atoms with Gasteiger partial charge in [-0.15, -0.1) is 0 Å². The van der Waals surface area contributed by atoms with Gasteiger partial charge < -0.3 is 15.0 Å². The van der Waals surface area contributed by atoms with Gasteiger partial charge in [0.25, 0.3) is 0 Å². The van der Waals surface area contributed by atoms with Crippen molar-refractivity contribution in [2.24, 2.45) is 5.41 Å². The Morgan fingerprint density at radius 3 is 2.52 bits per heavy atom. The first-order chi connectivity index (χ1) is 10.2. The average molecular weight is 297 g/mol. The van der Waals surface area contributed by atoms with Crippen LogP contribution in [0.1, 0.15) is 40.0 Å². The summed E-state index contributed by atoms with van der Waals surface area (Å²) in [7, 11) is 0. The molecule has 2 saturated heterocycles. The number of likely N-dealkylation sites (N-methyl/N-ethyl adjacent to an activating group) is 1. The van der Waals surface area contributed by atoms with Crippen LogP contribution in [-0.4, -0.2) is 74.9 Å². The largest absolute Gasteiger partial charge is 0.381 e. The van der Waals surface area contributed by atoms with Crippen molar-refractivity contribution in [2.75, 3.05) is 59.0 Å². The summed E-state index contributed by atoms with van der Waals surface area (Å²) in [6.07, 6.45) is 3.77. The topological polar surface area (TPSA) is 27.7 Å². The number of nitrogens with one attached hydrogen (secondary N) is 1. The molecule has 0 amide bonds. The lowest BCUT2D eigenvalue weighted by molar-refractivity contribution is -0.00162. The molecule has 124 valence electrons. The Bertz CT molecular complexity index is 288. The molecule has 2 heterocycles. The Balaban J connectivity index is 1.89. The normalized spacial score (nSPS) is 26.6. The Morgan fingerprint density at radius 2 is 1.90 bits per heavy atom. The van der Waals surface area contributed by atoms with Gasteiger partial charge in [0, 0.05) is 38.9 Å². The molecule has 1 unspecified atom stereocenters. The molecule has 0 aliphatic carbocycles. The molecule has 2 aliphatic rings. The van der Waals surface area contributed by atoms with Crippen LogP contribution in [-0.2, 0) is 4.74 Å². The van der Waals surface area contributed by atoms with Crippen LogP contribution in [0.15, 0.2) is 0 Å². The van der Waals surface area contributed by atoms with Gasteiger partial charge in [0.2, 0.25) is 0 Å². The molecular weight excluding hydrogens is 262 g/mol. The van der Waals surface area contributed by atoms with E-state index in [-0.39, 0.29) is 0 Å². The van der Waals surface area contributed by atoms with Crippen molar-refractivity contribution < 1.29 is 4.74 Å². The fourth-order valence-electron chi connectivity index (χ4n) is 4.05. The SMILES string of the molecule is CCNCC1(CN2CCC(N(CC)CC)C2)CCOCC1. The summed E-state index contributed by atoms with van der Waals surface area (Å²) in [5.41, 5.74) is 0.437. The van der Waals surface area contributed by atoms with Crippen LogP contribution in [0.25, 0.3) is 0 Å². The Morgan fingerprint density at radius 1 is 1.19 bits per heavy atom. The molecule has 2 fully saturated rings. The lowest BCUT2D eigenvalue weighted by Crippen LogP contribution is -2.47. The minimum atomic E-state index is 0.437. The summed E-state index contributed by atoms with van der Waals surface area (Å²) >= 11 is 0. The van der Waals surface area contributed by atoms with Crippen LogP contribution in [0.3, 0.4) is 0 Å². The summed E-state index contributed by atoms with van der Waals surface area (Å²) in [5.74, 6) is 0. The zero-order valence-corrected chi connectivity index (χ0v) is 14.4. The number of likely N-dealkylation sites (tertiary alicyclic amines) is 1. The van der Waals surface area contributed by atoms with Crippen LogP contribution in [0.2, 0.25) is 0 Å². The zero-order chi connectivity index (χ0) is 15.1. The van der Waals surface area contributed by atoms with Gasteiger partial charge in [0.1, 0.15) is 0 Å². The molecule has 21 heavy (non-hydrogen) atoms. The molecule has 1 atom stereocenters. The maximum Gasteiger partial charge on any atom is 0.0472 e. The van der Waals surface area contributed by atoms with Crippen LogP contribution in [0.5, 0.6) is 0 Å². The van der Waals surface area contributed by atoms with Gasteiger partial charge in [-0.2, -0.15) is 0 Å². The van der Waals surface area contributed by atoms with Crippen molar-refractivity contribution in [1.29, 1.82) is 0 Å². The van der Waals surface area contributed by atoms with Crippen LogP contribution >= 0.6 is 0 Å². The van der Waals surface area contributed by atoms with E-state index in [0.717, 1.165) is 32.3 Å². The van der Waals surface area contributed by atoms with E-state index in [4.69, 9.17) is 4.74 Å². The minimum Gasteiger partial charge on any atom is -0.381 e. The smallest absolute Gasteiger partial charge is 0.0472 e. The van der Waals surface area contributed by atoms with Gasteiger partial charge in [0.15, 0.2) is 0 Å². The first-order valence-corrected chi connectivity index (χ1v) is 8.98. The third kappa shape index (κ3) is 4.65. The number of nitrogens with zero attached hydrogens (tertiary/aromatic N) is 2. The summed E-state index contributed by atoms with van der Waals surface area (Å²) in [6, 6.07) is 0.774. The van der Waals surface area contributed by atoms with Crippen molar-refractivity contribution in [3.8, 4) is 0 Å². The average Bonchev–Trinajstić information content (AvgIpc) is 2.95. The quantitative estimate of drug-likeness (QED) is 0.739. The summed E-state index contributed by atoms with van der Waals surface area (Å²) < 4.78 is 5.61. The van der Waals surface area contributed by atoms with E-state index in [2.05, 4.69) is 35.9 Å². The monoisotopic (exact) mass is 297 g/mol. The second kappa shape index (κ2) is 8.47. The minimum absolute atomic E-state index is 0.437. The fraction of sp³-hybridized carbons (Fsp3) is 1.00. The molecule has 0 aromatic carbocycles. The van der Waals surface area contributed by atoms with E-state index in [1.807, 2.05) is 0 Å². The predicted octanol–water partition coefficient (Wildman–Crippen LogP) is 1.81. The van der Waals surface area contributed by atoms with Gasteiger partial charge in [0.05, 0.1) is 0 Å². The molecule has 0 saturated carbocycles. The van der Waals surface area contributed by atoms with E-state index >= 15 is 0 Å². The molecule has 4 heteroatoms. The van der Waals surface area contributed by atoms with E-state index in [1.54, 1.807) is 0 Å². The highest BCUT2D eigenvalue weighted by Crippen LogP contribution is 2.32. The van der Waals surface area contributed by atoms with E-state index < -0.39 is 0 Å². The number of hydrogen-bond acceptors (Lipinski definition) is 4. The van der Waals surface area contributed by atoms with E-state index in [9.17, 15) is 0 Å². The number of rotatable bonds is 8. The van der Waals surface area contributed by atoms with Crippen molar-refractivity contribution in [3.05, 3.63) is 0 Å². The molecule has 0 bridgehead atoms. The van der Waals surface area contributed by atoms with Gasteiger partial charge in [-0.05, 0) is 50.9 Å². The molecule has 0 aromatic rings. The first-order valence-electron chi connectivity index (χ1n) is 8.98. The maximum absolute atomic E-state index is 5.61. The molecule has 2 aliphatic heterocycles. The van der Waals surface area contributed by atoms with Gasteiger partial charge in [-0.25, -0.2) is 0 Å². The highest BCUT2D eigenvalue weighted by molar-refractivity contribution is 4.91. The summed E-state index contributed by atoms with van der Waals surface area (Å²) in [6.45, 7) is 17.1. The van der Waals surface area contributed by atoms with Crippen LogP contribution in [0, 0.1) is 5.41 Å². The van der Waals surface area contributed by atoms with Gasteiger partial charge in [-0.1, -0.05) is 20.8 Å². The van der Waals surface area contributed by atoms with E-state index in [0.29, 0.717) is 5.41 Å². The second-order valence-corrected chi connectivity index (χ2v) is 6.79. The number of ether oxygens (including phenoxy) is 1. The predicted molar refractivity (Wildman–Crippen MR) is 88.8 cm³/mol. The maximum atomic E-state index is 5.61. The number of hydrogen-bond donors (Lipinski definition) is 1. The van der Waals surface area contributed by atoms with Crippen LogP contribution < -0.4 is 5.32 Å². The molecule has 0 spiro atoms. The molecule has 0 aromatic heterocycles. The molecular formula is C17H35N3O. The van der Waals surface area contributed by atoms with Crippen LogP contribution in [0.4, 0.5) is 0 Å². The van der Waals surface area contributed by atoms with Crippen molar-refractivity contribution in [2.45, 2.75) is 46.1 Å². The van der Waals surface area contributed by atoms with Gasteiger partial charge >= 0.3 is 0 Å². The zero-order valence-electron chi connectivity index (χ0n) is 14.4. The lowest BCUT2D eigenvalue weighted by Gasteiger charge is -2.40. The molecule has 0 radical (unpaired) electrons. The standard InChI is InChI=1S/C17H35N3O/c1-4-18-14-17(8-11-21-12-9-17)15-19-10-7-16(13-19)20(5-2)6-3/h16,18H,4-15H2,1-3H3. The Labute approximate surface area is 131 Å². The highest BCUT2D eigenvalue weighted by Gasteiger charge is 2.36. The molecule has 1 N–H and O–H groups in total. The van der Waals surface area contributed by atoms with Crippen molar-refractivity contribution in [1.82, 2.24) is 15.1 Å². The second-order valence-electron chi connectivity index (χ2n) is 6.79. The fourth-order valence-corrected chi connectivity index (χ4v) is 4.05. The van der Waals surface area contributed by atoms with Crippen molar-refractivity contribution >= 4 is 0 Å². The molecule has 2 rings (SSSR count). The third-order valence-corrected chi connectivity index (χ3v) is 5.44. The van der Waals surface area contributed by atoms with Crippen molar-refractivity contribution in [3.63, 3.8) is 0 Å². The third-order valence-electron chi connectivity index (χ3n) is 5.44. The van der Waals surface area contributed by atoms with E-state index in [1.165, 1.54) is 52.0 Å². The summed E-state index contributed by atoms with van der Waals surface area (Å²) in [5, 5.41) is 3.60. The lowest BCUT2D eigenvalue weighted by atomic mass is 9.79. The van der Waals surface area contributed by atoms with Gasteiger partial charge in [-0.3, -0.25) is 4.90 Å². The molecule has 4 nitrogen and oxygen atoms in total. The highest BCUT2D eigenvalue weighted by atomic mass is 16.5. The Hall–Kier alpha value is -0.160. The first kappa shape index (κ1) is 17.2. The Kier molecular flexibility index (Phi) is 6.93. The summed E-state index contributed by atoms with van der Waals surface area (Å²) in [4.78, 5) is 5.34.